The molecular weight excluding hydrogens is 729 g/mol. The van der Waals surface area contributed by atoms with Crippen LogP contribution in [0.3, 0.4) is 0 Å². The van der Waals surface area contributed by atoms with Crippen molar-refractivity contribution in [1.29, 1.82) is 0 Å². The number of halogens is 1. The quantitative estimate of drug-likeness (QED) is 0.0721. The van der Waals surface area contributed by atoms with Crippen LogP contribution in [0.5, 0.6) is 5.75 Å². The third-order valence-electron chi connectivity index (χ3n) is 9.98. The number of para-hydroxylation sites is 1. The van der Waals surface area contributed by atoms with Gasteiger partial charge in [-0.2, -0.15) is 4.98 Å². The van der Waals surface area contributed by atoms with Crippen molar-refractivity contribution in [3.63, 3.8) is 0 Å². The molecule has 14 nitrogen and oxygen atoms in total. The molecule has 3 amide bonds. The Kier molecular flexibility index (Phi) is 10.8. The van der Waals surface area contributed by atoms with Crippen molar-refractivity contribution < 1.29 is 23.7 Å². The smallest absolute Gasteiger partial charge is 0.255 e. The molecule has 5 N–H and O–H groups in total. The molecule has 3 aliphatic heterocycles. The van der Waals surface area contributed by atoms with E-state index in [1.807, 2.05) is 54.6 Å². The van der Waals surface area contributed by atoms with Crippen LogP contribution in [0, 0.1) is 0 Å². The van der Waals surface area contributed by atoms with Gasteiger partial charge in [0.05, 0.1) is 31.4 Å². The maximum absolute atomic E-state index is 13.0. The zero-order chi connectivity index (χ0) is 38.0. The SMILES string of the molecule is COc1cc(N2CCC(NCNc3ccc4c(c3)CN(C3CCC(=O)NC3=O)C4=O)CC2)ccc1Nc1ncc(Cl)c(Nc2ccccc2P(C)(C)=O)n1. The van der Waals surface area contributed by atoms with E-state index in [-0.39, 0.29) is 18.2 Å². The summed E-state index contributed by atoms with van der Waals surface area (Å²) in [6, 6.07) is 18.7. The Morgan fingerprint density at radius 1 is 0.981 bits per heavy atom. The molecule has 282 valence electrons. The highest BCUT2D eigenvalue weighted by molar-refractivity contribution is 7.70. The minimum absolute atomic E-state index is 0.178. The van der Waals surface area contributed by atoms with E-state index in [2.05, 4.69) is 41.5 Å². The Morgan fingerprint density at radius 3 is 2.54 bits per heavy atom. The van der Waals surface area contributed by atoms with Gasteiger partial charge in [0.1, 0.15) is 24.0 Å². The first-order chi connectivity index (χ1) is 26.0. The second-order valence-electron chi connectivity index (χ2n) is 14.0. The van der Waals surface area contributed by atoms with E-state index in [0.717, 1.165) is 42.9 Å². The molecule has 3 aromatic carbocycles. The highest BCUT2D eigenvalue weighted by Crippen LogP contribution is 2.39. The largest absolute Gasteiger partial charge is 0.494 e. The van der Waals surface area contributed by atoms with E-state index in [0.29, 0.717) is 70.5 Å². The number of carbonyl (C=O) groups is 3. The molecule has 1 unspecified atom stereocenters. The summed E-state index contributed by atoms with van der Waals surface area (Å²) in [6.45, 7) is 6.09. The van der Waals surface area contributed by atoms with Crippen molar-refractivity contribution in [2.24, 2.45) is 0 Å². The standard InChI is InChI=1S/C38H43ClN9O5P/c1-53-32-19-26(9-11-29(32)44-38-40-20-28(39)35(46-38)43-30-6-4-5-7-33(30)54(2,3)52)47-16-14-24(15-17-47)41-22-42-25-8-10-27-23(18-25)21-48(37(27)51)31-12-13-34(49)45-36(31)50/h4-11,18-20,24,31,41-42H,12-17,21-22H2,1-3H3,(H,45,49,50)(H2,40,43,44,46). The maximum Gasteiger partial charge on any atom is 0.255 e. The number of anilines is 6. The summed E-state index contributed by atoms with van der Waals surface area (Å²) in [7, 11) is -0.924. The van der Waals surface area contributed by atoms with Crippen molar-refractivity contribution >= 4 is 76.3 Å². The summed E-state index contributed by atoms with van der Waals surface area (Å²) < 4.78 is 18.6. The van der Waals surface area contributed by atoms with Gasteiger partial charge in [0.15, 0.2) is 5.82 Å². The van der Waals surface area contributed by atoms with Gasteiger partial charge in [-0.15, -0.1) is 0 Å². The average molecular weight is 772 g/mol. The lowest BCUT2D eigenvalue weighted by Crippen LogP contribution is -2.52. The summed E-state index contributed by atoms with van der Waals surface area (Å²) in [5, 5.41) is 16.9. The molecule has 4 heterocycles. The van der Waals surface area contributed by atoms with Gasteiger partial charge in [0, 0.05) is 60.4 Å². The van der Waals surface area contributed by atoms with Crippen LogP contribution < -0.4 is 41.5 Å². The van der Waals surface area contributed by atoms with E-state index in [1.54, 1.807) is 31.4 Å². The van der Waals surface area contributed by atoms with E-state index in [4.69, 9.17) is 16.3 Å². The van der Waals surface area contributed by atoms with E-state index >= 15 is 0 Å². The fraction of sp³-hybridized carbons (Fsp3) is 0.342. The number of imide groups is 1. The lowest BCUT2D eigenvalue weighted by Gasteiger charge is -2.34. The number of hydrogen-bond acceptors (Lipinski definition) is 12. The second-order valence-corrected chi connectivity index (χ2v) is 17.6. The molecule has 4 aromatic rings. The van der Waals surface area contributed by atoms with Crippen LogP contribution in [0.2, 0.25) is 5.02 Å². The Balaban J connectivity index is 0.910. The van der Waals surface area contributed by atoms with E-state index in [9.17, 15) is 18.9 Å². The molecule has 0 bridgehead atoms. The van der Waals surface area contributed by atoms with Crippen LogP contribution >= 0.6 is 18.7 Å². The molecule has 0 saturated carbocycles. The first-order valence-electron chi connectivity index (χ1n) is 17.9. The molecule has 0 aliphatic carbocycles. The molecule has 54 heavy (non-hydrogen) atoms. The highest BCUT2D eigenvalue weighted by atomic mass is 35.5. The van der Waals surface area contributed by atoms with Crippen LogP contribution in [0.1, 0.15) is 41.6 Å². The monoisotopic (exact) mass is 771 g/mol. The number of benzene rings is 3. The number of nitrogens with zero attached hydrogens (tertiary/aromatic N) is 4. The molecule has 1 aromatic heterocycles. The van der Waals surface area contributed by atoms with Gasteiger partial charge in [0.2, 0.25) is 17.8 Å². The molecule has 1 atom stereocenters. The summed E-state index contributed by atoms with van der Waals surface area (Å²) in [5.41, 5.74) is 4.77. The van der Waals surface area contributed by atoms with Gasteiger partial charge in [-0.1, -0.05) is 23.7 Å². The topological polar surface area (TPSA) is 170 Å². The molecule has 7 rings (SSSR count). The van der Waals surface area contributed by atoms with E-state index in [1.165, 1.54) is 6.20 Å². The van der Waals surface area contributed by atoms with Crippen molar-refractivity contribution in [1.82, 2.24) is 25.5 Å². The maximum atomic E-state index is 13.0. The number of nitrogens with one attached hydrogen (secondary N) is 5. The average Bonchev–Trinajstić information content (AvgIpc) is 3.48. The van der Waals surface area contributed by atoms with Gasteiger partial charge in [0.25, 0.3) is 5.91 Å². The summed E-state index contributed by atoms with van der Waals surface area (Å²) in [6.07, 6.45) is 3.99. The highest BCUT2D eigenvalue weighted by Gasteiger charge is 2.39. The minimum Gasteiger partial charge on any atom is -0.494 e. The minimum atomic E-state index is -2.55. The molecule has 0 radical (unpaired) electrons. The normalized spacial score (nSPS) is 17.6. The number of piperidine rings is 2. The zero-order valence-corrected chi connectivity index (χ0v) is 32.0. The Bertz CT molecular complexity index is 2140. The summed E-state index contributed by atoms with van der Waals surface area (Å²) in [4.78, 5) is 49.8. The molecular formula is C38H43ClN9O5P. The summed E-state index contributed by atoms with van der Waals surface area (Å²) >= 11 is 6.45. The van der Waals surface area contributed by atoms with Crippen molar-refractivity contribution in [2.45, 2.75) is 44.3 Å². The first kappa shape index (κ1) is 37.2. The third kappa shape index (κ3) is 8.15. The number of carbonyl (C=O) groups excluding carboxylic acids is 3. The number of aromatic nitrogens is 2. The van der Waals surface area contributed by atoms with Crippen LogP contribution in [-0.2, 0) is 20.7 Å². The Hall–Kier alpha value is -5.17. The summed E-state index contributed by atoms with van der Waals surface area (Å²) in [5.74, 6) is 0.471. The predicted molar refractivity (Wildman–Crippen MR) is 211 cm³/mol. The molecule has 0 spiro atoms. The van der Waals surface area contributed by atoms with Crippen LogP contribution in [-0.4, -0.2) is 84.9 Å². The first-order valence-corrected chi connectivity index (χ1v) is 20.8. The zero-order valence-electron chi connectivity index (χ0n) is 30.3. The van der Waals surface area contributed by atoms with Crippen LogP contribution in [0.15, 0.2) is 66.9 Å². The fourth-order valence-corrected chi connectivity index (χ4v) is 8.41. The predicted octanol–water partition coefficient (Wildman–Crippen LogP) is 5.26. The van der Waals surface area contributed by atoms with Crippen molar-refractivity contribution in [3.8, 4) is 5.75 Å². The van der Waals surface area contributed by atoms with Crippen molar-refractivity contribution in [2.75, 3.05) is 61.0 Å². The number of rotatable bonds is 12. The number of hydrogen-bond donors (Lipinski definition) is 5. The molecule has 3 aliphatic rings. The van der Waals surface area contributed by atoms with Gasteiger partial charge < -0.3 is 35.1 Å². The van der Waals surface area contributed by atoms with Crippen LogP contribution in [0.4, 0.5) is 34.5 Å². The number of fused-ring (bicyclic) bond motifs is 1. The molecule has 2 fully saturated rings. The van der Waals surface area contributed by atoms with Crippen LogP contribution in [0.25, 0.3) is 0 Å². The Labute approximate surface area is 318 Å². The second kappa shape index (κ2) is 15.7. The molecule has 16 heteroatoms. The Morgan fingerprint density at radius 2 is 1.78 bits per heavy atom. The number of ether oxygens (including phenoxy) is 1. The van der Waals surface area contributed by atoms with E-state index < -0.39 is 19.1 Å². The van der Waals surface area contributed by atoms with Gasteiger partial charge in [-0.05, 0) is 80.6 Å². The van der Waals surface area contributed by atoms with Gasteiger partial charge in [-0.25, -0.2) is 4.98 Å². The number of amides is 3. The van der Waals surface area contributed by atoms with Crippen molar-refractivity contribution in [3.05, 3.63) is 83.0 Å². The van der Waals surface area contributed by atoms with Gasteiger partial charge >= 0.3 is 0 Å². The third-order valence-corrected chi connectivity index (χ3v) is 11.8. The fourth-order valence-electron chi connectivity index (χ4n) is 7.12. The van der Waals surface area contributed by atoms with Gasteiger partial charge in [-0.3, -0.25) is 25.0 Å². The molecule has 2 saturated heterocycles. The lowest BCUT2D eigenvalue weighted by molar-refractivity contribution is -0.136. The lowest BCUT2D eigenvalue weighted by atomic mass is 10.0. The number of methoxy groups -OCH3 is 1.